The van der Waals surface area contributed by atoms with Gasteiger partial charge < -0.3 is 10.4 Å². The van der Waals surface area contributed by atoms with Crippen molar-refractivity contribution in [3.63, 3.8) is 0 Å². The van der Waals surface area contributed by atoms with Crippen LogP contribution in [-0.2, 0) is 5.60 Å². The summed E-state index contributed by atoms with van der Waals surface area (Å²) in [6.07, 6.45) is 2.01. The van der Waals surface area contributed by atoms with E-state index in [4.69, 9.17) is 0 Å². The zero-order chi connectivity index (χ0) is 17.0. The van der Waals surface area contributed by atoms with E-state index in [-0.39, 0.29) is 18.4 Å². The van der Waals surface area contributed by atoms with E-state index in [0.29, 0.717) is 5.56 Å². The minimum absolute atomic E-state index is 0.124. The van der Waals surface area contributed by atoms with Gasteiger partial charge in [0.2, 0.25) is 0 Å². The number of carbonyl (C=O) groups excluding carboxylic acids is 1. The predicted octanol–water partition coefficient (Wildman–Crippen LogP) is 3.83. The summed E-state index contributed by atoms with van der Waals surface area (Å²) in [5, 5.41) is 14.1. The lowest BCUT2D eigenvalue weighted by molar-refractivity contribution is 0.0135. The predicted molar refractivity (Wildman–Crippen MR) is 98.2 cm³/mol. The second kappa shape index (κ2) is 7.41. The molecular weight excluding hydrogens is 318 g/mol. The van der Waals surface area contributed by atoms with Gasteiger partial charge in [-0.25, -0.2) is 0 Å². The van der Waals surface area contributed by atoms with Crippen LogP contribution in [0, 0.1) is 5.92 Å². The third kappa shape index (κ3) is 3.65. The summed E-state index contributed by atoms with van der Waals surface area (Å²) in [5.41, 5.74) is 0.573. The monoisotopic (exact) mass is 341 g/mol. The van der Waals surface area contributed by atoms with Gasteiger partial charge in [-0.1, -0.05) is 49.4 Å². The lowest BCUT2D eigenvalue weighted by atomic mass is 9.88. The number of rotatable bonds is 7. The molecule has 0 aliphatic heterocycles. The molecule has 0 spiro atoms. The molecule has 1 aliphatic carbocycles. The van der Waals surface area contributed by atoms with Crippen LogP contribution >= 0.6 is 11.8 Å². The van der Waals surface area contributed by atoms with Gasteiger partial charge in [0.05, 0.1) is 12.1 Å². The molecule has 1 amide bonds. The zero-order valence-corrected chi connectivity index (χ0v) is 14.7. The van der Waals surface area contributed by atoms with Crippen LogP contribution in [0.25, 0.3) is 0 Å². The fourth-order valence-corrected chi connectivity index (χ4v) is 3.82. The van der Waals surface area contributed by atoms with Gasteiger partial charge in [0, 0.05) is 4.90 Å². The molecule has 24 heavy (non-hydrogen) atoms. The van der Waals surface area contributed by atoms with Crippen LogP contribution in [0.2, 0.25) is 0 Å². The third-order valence-electron chi connectivity index (χ3n) is 4.48. The normalized spacial score (nSPS) is 16.4. The first kappa shape index (κ1) is 17.1. The fourth-order valence-electron chi connectivity index (χ4n) is 3.02. The Morgan fingerprint density at radius 3 is 2.50 bits per heavy atom. The number of aliphatic hydroxyl groups is 1. The van der Waals surface area contributed by atoms with E-state index in [1.807, 2.05) is 54.6 Å². The largest absolute Gasteiger partial charge is 0.383 e. The number of benzene rings is 2. The summed E-state index contributed by atoms with van der Waals surface area (Å²) < 4.78 is 0. The molecule has 0 bridgehead atoms. The van der Waals surface area contributed by atoms with E-state index in [1.165, 1.54) is 0 Å². The van der Waals surface area contributed by atoms with Crippen molar-refractivity contribution in [3.05, 3.63) is 65.7 Å². The SMILES string of the molecule is CCSc1ccccc1C(=O)NC[C@@](O)(c1ccccc1)C1CC1. The fraction of sp³-hybridized carbons (Fsp3) is 0.350. The molecular formula is C20H23NO2S. The first-order chi connectivity index (χ1) is 11.6. The molecule has 3 rings (SSSR count). The molecule has 1 atom stereocenters. The number of amides is 1. The first-order valence-electron chi connectivity index (χ1n) is 8.43. The van der Waals surface area contributed by atoms with E-state index in [2.05, 4.69) is 12.2 Å². The van der Waals surface area contributed by atoms with Crippen LogP contribution in [0.4, 0.5) is 0 Å². The first-order valence-corrected chi connectivity index (χ1v) is 9.41. The second-order valence-electron chi connectivity index (χ2n) is 6.18. The highest BCUT2D eigenvalue weighted by molar-refractivity contribution is 7.99. The van der Waals surface area contributed by atoms with Crippen LogP contribution in [-0.4, -0.2) is 23.3 Å². The standard InChI is InChI=1S/C20H23NO2S/c1-2-24-18-11-7-6-10-17(18)19(22)21-14-20(23,16-12-13-16)15-8-4-3-5-9-15/h3-11,16,23H,2,12-14H2,1H3,(H,21,22)/t20-/m1/s1. The highest BCUT2D eigenvalue weighted by atomic mass is 32.2. The Morgan fingerprint density at radius 2 is 1.83 bits per heavy atom. The molecule has 2 N–H and O–H groups in total. The topological polar surface area (TPSA) is 49.3 Å². The van der Waals surface area contributed by atoms with Crippen molar-refractivity contribution in [1.29, 1.82) is 0 Å². The van der Waals surface area contributed by atoms with Crippen LogP contribution in [0.1, 0.15) is 35.7 Å². The van der Waals surface area contributed by atoms with Gasteiger partial charge in [-0.05, 0) is 42.2 Å². The van der Waals surface area contributed by atoms with Gasteiger partial charge >= 0.3 is 0 Å². The quantitative estimate of drug-likeness (QED) is 0.753. The zero-order valence-electron chi connectivity index (χ0n) is 13.9. The van der Waals surface area contributed by atoms with Gasteiger partial charge in [-0.2, -0.15) is 0 Å². The van der Waals surface area contributed by atoms with E-state index >= 15 is 0 Å². The Labute approximate surface area is 147 Å². The van der Waals surface area contributed by atoms with Crippen molar-refractivity contribution in [2.75, 3.05) is 12.3 Å². The Balaban J connectivity index is 1.75. The van der Waals surface area contributed by atoms with Crippen molar-refractivity contribution < 1.29 is 9.90 Å². The lowest BCUT2D eigenvalue weighted by Gasteiger charge is -2.29. The average molecular weight is 341 g/mol. The van der Waals surface area contributed by atoms with E-state index in [0.717, 1.165) is 29.1 Å². The third-order valence-corrected chi connectivity index (χ3v) is 5.43. The van der Waals surface area contributed by atoms with Crippen LogP contribution < -0.4 is 5.32 Å². The van der Waals surface area contributed by atoms with Gasteiger partial charge in [0.1, 0.15) is 5.60 Å². The van der Waals surface area contributed by atoms with Crippen LogP contribution in [0.5, 0.6) is 0 Å². The second-order valence-corrected chi connectivity index (χ2v) is 7.48. The van der Waals surface area contributed by atoms with Crippen molar-refractivity contribution >= 4 is 17.7 Å². The van der Waals surface area contributed by atoms with Gasteiger partial charge in [0.25, 0.3) is 5.91 Å². The molecule has 0 heterocycles. The molecule has 0 aromatic heterocycles. The van der Waals surface area contributed by atoms with Crippen molar-refractivity contribution in [2.45, 2.75) is 30.3 Å². The van der Waals surface area contributed by atoms with E-state index in [9.17, 15) is 9.90 Å². The highest BCUT2D eigenvalue weighted by Crippen LogP contribution is 2.45. The smallest absolute Gasteiger partial charge is 0.252 e. The molecule has 1 fully saturated rings. The minimum atomic E-state index is -0.982. The minimum Gasteiger partial charge on any atom is -0.383 e. The number of carbonyl (C=O) groups is 1. The Hall–Kier alpha value is -1.78. The molecule has 2 aromatic rings. The molecule has 2 aromatic carbocycles. The molecule has 1 saturated carbocycles. The summed E-state index contributed by atoms with van der Waals surface area (Å²) >= 11 is 1.66. The van der Waals surface area contributed by atoms with Crippen molar-refractivity contribution in [2.24, 2.45) is 5.92 Å². The van der Waals surface area contributed by atoms with Crippen LogP contribution in [0.15, 0.2) is 59.5 Å². The molecule has 3 nitrogen and oxygen atoms in total. The van der Waals surface area contributed by atoms with Crippen molar-refractivity contribution in [3.8, 4) is 0 Å². The molecule has 0 unspecified atom stereocenters. The van der Waals surface area contributed by atoms with Crippen molar-refractivity contribution in [1.82, 2.24) is 5.32 Å². The number of hydrogen-bond donors (Lipinski definition) is 2. The lowest BCUT2D eigenvalue weighted by Crippen LogP contribution is -2.42. The summed E-state index contributed by atoms with van der Waals surface area (Å²) in [6.45, 7) is 2.31. The molecule has 126 valence electrons. The summed E-state index contributed by atoms with van der Waals surface area (Å²) in [7, 11) is 0. The molecule has 1 aliphatic rings. The van der Waals surface area contributed by atoms with Gasteiger partial charge in [-0.3, -0.25) is 4.79 Å². The summed E-state index contributed by atoms with van der Waals surface area (Å²) in [4.78, 5) is 13.6. The Kier molecular flexibility index (Phi) is 5.27. The molecule has 0 saturated heterocycles. The van der Waals surface area contributed by atoms with Gasteiger partial charge in [0.15, 0.2) is 0 Å². The summed E-state index contributed by atoms with van der Waals surface area (Å²) in [6, 6.07) is 17.3. The highest BCUT2D eigenvalue weighted by Gasteiger charge is 2.45. The number of thioether (sulfide) groups is 1. The maximum absolute atomic E-state index is 12.6. The summed E-state index contributed by atoms with van der Waals surface area (Å²) in [5.74, 6) is 1.02. The maximum Gasteiger partial charge on any atom is 0.252 e. The number of hydrogen-bond acceptors (Lipinski definition) is 3. The maximum atomic E-state index is 12.6. The van der Waals surface area contributed by atoms with E-state index < -0.39 is 5.60 Å². The van der Waals surface area contributed by atoms with Crippen LogP contribution in [0.3, 0.4) is 0 Å². The van der Waals surface area contributed by atoms with Gasteiger partial charge in [-0.15, -0.1) is 11.8 Å². The molecule has 4 heteroatoms. The Bertz CT molecular complexity index is 700. The number of nitrogens with one attached hydrogen (secondary N) is 1. The molecule has 0 radical (unpaired) electrons. The van der Waals surface area contributed by atoms with E-state index in [1.54, 1.807) is 11.8 Å². The Morgan fingerprint density at radius 1 is 1.17 bits per heavy atom. The average Bonchev–Trinajstić information content (AvgIpc) is 3.46.